The van der Waals surface area contributed by atoms with Gasteiger partial charge in [-0.15, -0.1) is 17.9 Å². The van der Waals surface area contributed by atoms with Gasteiger partial charge < -0.3 is 41.4 Å². The Kier molecular flexibility index (Phi) is 23.2. The van der Waals surface area contributed by atoms with Gasteiger partial charge in [0.05, 0.1) is 23.4 Å². The Morgan fingerprint density at radius 3 is 1.97 bits per heavy atom. The molecule has 4 atom stereocenters. The van der Waals surface area contributed by atoms with E-state index in [2.05, 4.69) is 42.4 Å². The summed E-state index contributed by atoms with van der Waals surface area (Å²) in [6.45, 7) is 18.5. The van der Waals surface area contributed by atoms with Gasteiger partial charge >= 0.3 is 6.09 Å². The Balaban J connectivity index is -0.000000385. The summed E-state index contributed by atoms with van der Waals surface area (Å²) < 4.78 is 10.6. The van der Waals surface area contributed by atoms with Crippen LogP contribution in [0.5, 0.6) is 5.75 Å². The fourth-order valence-electron chi connectivity index (χ4n) is 5.47. The molecule has 7 N–H and O–H groups in total. The Morgan fingerprint density at radius 1 is 0.983 bits per heavy atom. The molecule has 0 radical (unpaired) electrons. The molecule has 59 heavy (non-hydrogen) atoms. The van der Waals surface area contributed by atoms with Crippen molar-refractivity contribution in [2.75, 3.05) is 13.7 Å². The molecular formula is C45H75N5O8S. The van der Waals surface area contributed by atoms with Crippen molar-refractivity contribution in [3.05, 3.63) is 72.6 Å². The number of thiophene rings is 1. The second-order valence-electron chi connectivity index (χ2n) is 16.2. The maximum Gasteiger partial charge on any atom is 0.408 e. The van der Waals surface area contributed by atoms with Crippen LogP contribution in [0.4, 0.5) is 4.79 Å². The molecule has 13 nitrogen and oxygen atoms in total. The third-order valence-electron chi connectivity index (χ3n) is 8.89. The molecule has 334 valence electrons. The molecule has 4 amide bonds. The second-order valence-corrected chi connectivity index (χ2v) is 17.2. The van der Waals surface area contributed by atoms with Crippen LogP contribution in [0.2, 0.25) is 0 Å². The lowest BCUT2D eigenvalue weighted by molar-refractivity contribution is -0.141. The first-order chi connectivity index (χ1) is 26.8. The minimum Gasteiger partial charge on any atom is -0.497 e. The van der Waals surface area contributed by atoms with Gasteiger partial charge in [0.1, 0.15) is 29.7 Å². The highest BCUT2D eigenvalue weighted by Gasteiger charge is 2.42. The molecule has 3 aliphatic rings. The largest absolute Gasteiger partial charge is 0.497 e. The molecule has 3 heterocycles. The number of benzene rings is 1. The number of alkyl carbamates (subject to hydrolysis) is 1. The molecule has 1 saturated heterocycles. The van der Waals surface area contributed by atoms with E-state index in [1.165, 1.54) is 24.7 Å². The normalized spacial score (nSPS) is 17.8. The van der Waals surface area contributed by atoms with Crippen molar-refractivity contribution in [3.8, 4) is 27.6 Å². The van der Waals surface area contributed by atoms with Crippen LogP contribution in [-0.2, 0) is 23.9 Å². The second kappa shape index (κ2) is 25.4. The first-order valence-electron chi connectivity index (χ1n) is 19.3. The van der Waals surface area contributed by atoms with Crippen LogP contribution in [0.1, 0.15) is 99.2 Å². The average Bonchev–Trinajstić information content (AvgIpc) is 3.98. The molecule has 0 unspecified atom stereocenters. The average molecular weight is 846 g/mol. The third-order valence-corrected chi connectivity index (χ3v) is 9.78. The van der Waals surface area contributed by atoms with E-state index in [4.69, 9.17) is 30.7 Å². The number of carbonyl (C=O) groups excluding carboxylic acids is 5. The van der Waals surface area contributed by atoms with E-state index in [1.54, 1.807) is 45.3 Å². The van der Waals surface area contributed by atoms with Crippen molar-refractivity contribution < 1.29 is 43.2 Å². The molecule has 1 aliphatic heterocycles. The number of hydrogen-bond donors (Lipinski definition) is 3. The van der Waals surface area contributed by atoms with E-state index in [-0.39, 0.29) is 34.9 Å². The molecule has 0 bridgehead atoms. The zero-order valence-electron chi connectivity index (χ0n) is 35.6. The van der Waals surface area contributed by atoms with Gasteiger partial charge in [0, 0.05) is 34.4 Å². The summed E-state index contributed by atoms with van der Waals surface area (Å²) in [5.41, 5.74) is 12.2. The summed E-state index contributed by atoms with van der Waals surface area (Å²) in [5.74, 6) is 1.40. The van der Waals surface area contributed by atoms with E-state index in [1.807, 2.05) is 57.2 Å². The Bertz CT molecular complexity index is 1770. The molecule has 3 fully saturated rings. The summed E-state index contributed by atoms with van der Waals surface area (Å²) in [6, 6.07) is 16.8. The van der Waals surface area contributed by atoms with Gasteiger partial charge in [-0.1, -0.05) is 90.4 Å². The maximum atomic E-state index is 12.9. The van der Waals surface area contributed by atoms with Crippen LogP contribution in [0.25, 0.3) is 21.8 Å². The predicted octanol–water partition coefficient (Wildman–Crippen LogP) is 8.35. The number of primary amides is 2. The number of aldehydes is 1. The number of nitrogens with one attached hydrogen (secondary N) is 1. The monoisotopic (exact) mass is 846 g/mol. The van der Waals surface area contributed by atoms with Crippen molar-refractivity contribution in [1.29, 1.82) is 0 Å². The number of nitrogens with two attached hydrogens (primary N) is 2. The van der Waals surface area contributed by atoms with Crippen LogP contribution in [0.15, 0.2) is 72.6 Å². The van der Waals surface area contributed by atoms with Crippen LogP contribution in [0.3, 0.4) is 0 Å². The highest BCUT2D eigenvalue weighted by atomic mass is 32.1. The minimum absolute atomic E-state index is 0. The summed E-state index contributed by atoms with van der Waals surface area (Å²) in [4.78, 5) is 62.9. The number of hydrogen-bond acceptors (Lipinski definition) is 9. The fourth-order valence-corrected chi connectivity index (χ4v) is 6.15. The zero-order valence-corrected chi connectivity index (χ0v) is 36.4. The number of aromatic nitrogens is 1. The topological polar surface area (TPSA) is 216 Å². The summed E-state index contributed by atoms with van der Waals surface area (Å²) in [7, 11) is 1.68. The molecule has 14 heteroatoms. The number of ether oxygens (including phenoxy) is 2. The first kappa shape index (κ1) is 53.9. The van der Waals surface area contributed by atoms with Gasteiger partial charge in [0.15, 0.2) is 0 Å². The maximum absolute atomic E-state index is 12.9. The molecule has 0 spiro atoms. The lowest BCUT2D eigenvalue weighted by atomic mass is 9.85. The molecule has 1 aromatic carbocycles. The standard InChI is InChI=1S/C16H29N3O4.C16H13NOS.C6H9NO.C4H8.C2H4O.CH4.H2O.3H2/c1-15(2,3)11(18-14(22)23-16(4,5)6)13(21)19-9-7-8-10(19)12(17)20;1-18-13-10-14(12-6-3-2-4-7-12)17-15(11-13)16-8-5-9-19-16;1-2-4-3-5(4)6(7)8;1-4-2-3-4;1-2-3;;;;;/h10-11H,7-9H2,1-6H3,(H2,17,20)(H,18,22);2-11H,1H3;2,4-5H,1,3H2,(H2,7,8);4H,2-3H2,1H3;2H,1H3;1H4;1H2;3*1H/t10-,11+;;4-,5+;;;;;;;/m0.1......./s1. The van der Waals surface area contributed by atoms with Crippen LogP contribution >= 0.6 is 11.3 Å². The molecular weight excluding hydrogens is 771 g/mol. The van der Waals surface area contributed by atoms with Crippen molar-refractivity contribution in [2.45, 2.75) is 113 Å². The number of carbonyl (C=O) groups is 5. The van der Waals surface area contributed by atoms with Gasteiger partial charge in [0.2, 0.25) is 17.7 Å². The Morgan fingerprint density at radius 2 is 1.56 bits per heavy atom. The van der Waals surface area contributed by atoms with Crippen molar-refractivity contribution in [1.82, 2.24) is 15.2 Å². The van der Waals surface area contributed by atoms with Gasteiger partial charge in [-0.05, 0) is 75.7 Å². The molecule has 3 aromatic rings. The molecule has 2 saturated carbocycles. The third kappa shape index (κ3) is 19.5. The number of pyridine rings is 1. The van der Waals surface area contributed by atoms with Crippen LogP contribution in [-0.4, -0.2) is 76.8 Å². The van der Waals surface area contributed by atoms with E-state index < -0.39 is 35.1 Å². The molecule has 2 aromatic heterocycles. The summed E-state index contributed by atoms with van der Waals surface area (Å²) >= 11 is 1.68. The first-order valence-corrected chi connectivity index (χ1v) is 20.2. The SMILES string of the molecule is C.C=C[C@@H]1C[C@@H]1C(N)=O.CC(C)(C)OC(=O)N[C@H](C(=O)N1CCC[C@H]1C(N)=O)C(C)(C)C.CC1CC1.CC=O.COc1cc(-c2ccccc2)nc(-c2cccs2)c1.O.[HH].[HH].[HH]. The summed E-state index contributed by atoms with van der Waals surface area (Å²) in [5, 5.41) is 4.70. The molecule has 2 aliphatic carbocycles. The number of amides is 4. The zero-order chi connectivity index (χ0) is 42.9. The van der Waals surface area contributed by atoms with Gasteiger partial charge in [0.25, 0.3) is 0 Å². The molecule has 6 rings (SSSR count). The van der Waals surface area contributed by atoms with Crippen molar-refractivity contribution in [2.24, 2.45) is 34.6 Å². The minimum atomic E-state index is -0.794. The van der Waals surface area contributed by atoms with E-state index in [0.717, 1.165) is 52.6 Å². The highest BCUT2D eigenvalue weighted by molar-refractivity contribution is 7.13. The van der Waals surface area contributed by atoms with Crippen LogP contribution in [0, 0.1) is 23.2 Å². The van der Waals surface area contributed by atoms with Crippen LogP contribution < -0.4 is 21.5 Å². The Labute approximate surface area is 360 Å². The van der Waals surface area contributed by atoms with Crippen molar-refractivity contribution in [3.63, 3.8) is 0 Å². The number of nitrogens with zero attached hydrogens (tertiary/aromatic N) is 2. The van der Waals surface area contributed by atoms with E-state index >= 15 is 0 Å². The number of methoxy groups -OCH3 is 1. The highest BCUT2D eigenvalue weighted by Crippen LogP contribution is 2.38. The van der Waals surface area contributed by atoms with Gasteiger partial charge in [-0.3, -0.25) is 14.4 Å². The quantitative estimate of drug-likeness (QED) is 0.148. The Hall–Kier alpha value is -5.08. The van der Waals surface area contributed by atoms with E-state index in [0.29, 0.717) is 18.9 Å². The fraction of sp³-hybridized carbons (Fsp3) is 0.511. The van der Waals surface area contributed by atoms with E-state index in [9.17, 15) is 19.2 Å². The lowest BCUT2D eigenvalue weighted by Gasteiger charge is -2.35. The summed E-state index contributed by atoms with van der Waals surface area (Å²) in [6.07, 6.45) is 7.06. The number of allylic oxidation sites excluding steroid dienone is 1. The number of rotatable bonds is 8. The van der Waals surface area contributed by atoms with Gasteiger partial charge in [-0.25, -0.2) is 9.78 Å². The van der Waals surface area contributed by atoms with Crippen molar-refractivity contribution >= 4 is 41.4 Å². The smallest absolute Gasteiger partial charge is 0.408 e. The number of likely N-dealkylation sites (tertiary alicyclic amines) is 1. The lowest BCUT2D eigenvalue weighted by Crippen LogP contribution is -2.57. The van der Waals surface area contributed by atoms with Gasteiger partial charge in [-0.2, -0.15) is 0 Å². The predicted molar refractivity (Wildman–Crippen MR) is 244 cm³/mol.